The molecule has 0 amide bonds. The van der Waals surface area contributed by atoms with Gasteiger partial charge in [0.1, 0.15) is 4.90 Å². The van der Waals surface area contributed by atoms with Gasteiger partial charge < -0.3 is 0 Å². The quantitative estimate of drug-likeness (QED) is 0.411. The lowest BCUT2D eigenvalue weighted by atomic mass is 10.3. The minimum Gasteiger partial charge on any atom is -0.258 e. The minimum absolute atomic E-state index is 0.371. The van der Waals surface area contributed by atoms with Crippen LogP contribution in [0.25, 0.3) is 0 Å². The van der Waals surface area contributed by atoms with Gasteiger partial charge in [-0.25, -0.2) is 16.8 Å². The van der Waals surface area contributed by atoms with Gasteiger partial charge in [-0.3, -0.25) is 20.2 Å². The SMILES string of the molecule is O=[N+]([O-])c1cc([N+](=O)[O-])c(S(=O)(=O)c2ccccc2)c(S(=O)(=O)c2ccccc2)c1. The molecule has 0 aromatic heterocycles. The molecule has 30 heavy (non-hydrogen) atoms. The second kappa shape index (κ2) is 7.65. The summed E-state index contributed by atoms with van der Waals surface area (Å²) in [5.74, 6) is 0. The molecule has 3 rings (SSSR count). The minimum atomic E-state index is -4.72. The van der Waals surface area contributed by atoms with Crippen molar-refractivity contribution in [3.63, 3.8) is 0 Å². The van der Waals surface area contributed by atoms with Crippen LogP contribution in [0.5, 0.6) is 0 Å². The van der Waals surface area contributed by atoms with Crippen molar-refractivity contribution in [3.8, 4) is 0 Å². The number of nitro benzene ring substituents is 2. The Morgan fingerprint density at radius 3 is 1.53 bits per heavy atom. The molecule has 0 atom stereocenters. The van der Waals surface area contributed by atoms with Crippen LogP contribution in [-0.2, 0) is 19.7 Å². The van der Waals surface area contributed by atoms with E-state index in [4.69, 9.17) is 0 Å². The van der Waals surface area contributed by atoms with Gasteiger partial charge in [0.05, 0.1) is 25.7 Å². The van der Waals surface area contributed by atoms with Crippen molar-refractivity contribution in [1.82, 2.24) is 0 Å². The molecular formula is C18H12N2O8S2. The molecule has 0 bridgehead atoms. The Morgan fingerprint density at radius 1 is 0.633 bits per heavy atom. The standard InChI is InChI=1S/C18H12N2O8S2/c21-19(22)13-11-16(20(23)24)18(30(27,28)15-9-5-2-6-10-15)17(12-13)29(25,26)14-7-3-1-4-8-14/h1-12H. The van der Waals surface area contributed by atoms with E-state index in [-0.39, 0.29) is 4.90 Å². The van der Waals surface area contributed by atoms with Gasteiger partial charge in [-0.2, -0.15) is 0 Å². The predicted octanol–water partition coefficient (Wildman–Crippen LogP) is 3.17. The molecule has 0 saturated carbocycles. The zero-order chi connectivity index (χ0) is 22.1. The number of rotatable bonds is 6. The van der Waals surface area contributed by atoms with E-state index in [1.807, 2.05) is 0 Å². The molecule has 12 heteroatoms. The van der Waals surface area contributed by atoms with E-state index in [0.29, 0.717) is 12.1 Å². The summed E-state index contributed by atoms with van der Waals surface area (Å²) in [5, 5.41) is 22.9. The Balaban J connectivity index is 2.50. The van der Waals surface area contributed by atoms with E-state index in [1.165, 1.54) is 36.4 Å². The van der Waals surface area contributed by atoms with Crippen LogP contribution in [0.2, 0.25) is 0 Å². The molecule has 0 heterocycles. The van der Waals surface area contributed by atoms with Gasteiger partial charge in [0, 0.05) is 6.07 Å². The molecule has 3 aromatic carbocycles. The van der Waals surface area contributed by atoms with Gasteiger partial charge in [0.15, 0.2) is 4.90 Å². The van der Waals surface area contributed by atoms with Crippen LogP contribution in [0, 0.1) is 20.2 Å². The van der Waals surface area contributed by atoms with Gasteiger partial charge in [-0.15, -0.1) is 0 Å². The topological polar surface area (TPSA) is 155 Å². The number of non-ortho nitro benzene ring substituents is 1. The molecule has 0 fully saturated rings. The molecule has 0 radical (unpaired) electrons. The number of hydrogen-bond donors (Lipinski definition) is 0. The van der Waals surface area contributed by atoms with E-state index >= 15 is 0 Å². The van der Waals surface area contributed by atoms with E-state index in [1.54, 1.807) is 0 Å². The number of benzene rings is 3. The first-order valence-electron chi connectivity index (χ1n) is 8.14. The fourth-order valence-electron chi connectivity index (χ4n) is 2.73. The van der Waals surface area contributed by atoms with Crippen molar-refractivity contribution in [2.45, 2.75) is 19.6 Å². The average molecular weight is 448 g/mol. The number of nitrogens with zero attached hydrogens (tertiary/aromatic N) is 2. The number of hydrogen-bond acceptors (Lipinski definition) is 8. The highest BCUT2D eigenvalue weighted by atomic mass is 32.2. The van der Waals surface area contributed by atoms with Crippen molar-refractivity contribution in [3.05, 3.63) is 93.0 Å². The summed E-state index contributed by atoms with van der Waals surface area (Å²) in [7, 11) is -9.38. The first-order chi connectivity index (χ1) is 14.1. The Morgan fingerprint density at radius 2 is 1.10 bits per heavy atom. The molecule has 0 aliphatic rings. The van der Waals surface area contributed by atoms with Gasteiger partial charge in [0.2, 0.25) is 19.7 Å². The second-order valence-electron chi connectivity index (χ2n) is 5.94. The maximum atomic E-state index is 13.2. The first-order valence-corrected chi connectivity index (χ1v) is 11.1. The highest BCUT2D eigenvalue weighted by Gasteiger charge is 2.39. The maximum absolute atomic E-state index is 13.2. The molecule has 0 spiro atoms. The van der Waals surface area contributed by atoms with Crippen molar-refractivity contribution in [2.24, 2.45) is 0 Å². The van der Waals surface area contributed by atoms with Crippen molar-refractivity contribution in [2.75, 3.05) is 0 Å². The van der Waals surface area contributed by atoms with Gasteiger partial charge in [-0.1, -0.05) is 36.4 Å². The third-order valence-electron chi connectivity index (χ3n) is 4.09. The van der Waals surface area contributed by atoms with Crippen LogP contribution in [0.3, 0.4) is 0 Å². The Hall–Kier alpha value is -3.64. The lowest BCUT2D eigenvalue weighted by molar-refractivity contribution is -0.396. The molecule has 10 nitrogen and oxygen atoms in total. The highest BCUT2D eigenvalue weighted by Crippen LogP contribution is 2.40. The maximum Gasteiger partial charge on any atom is 0.296 e. The van der Waals surface area contributed by atoms with Crippen molar-refractivity contribution < 1.29 is 26.7 Å². The Kier molecular flexibility index (Phi) is 5.37. The van der Waals surface area contributed by atoms with E-state index in [0.717, 1.165) is 24.3 Å². The third-order valence-corrected chi connectivity index (χ3v) is 7.88. The zero-order valence-electron chi connectivity index (χ0n) is 14.9. The summed E-state index contributed by atoms with van der Waals surface area (Å²) in [6, 6.07) is 14.0. The Labute approximate surface area is 170 Å². The molecule has 0 aliphatic heterocycles. The Bertz CT molecular complexity index is 1350. The first kappa shape index (κ1) is 21.1. The summed E-state index contributed by atoms with van der Waals surface area (Å²) >= 11 is 0. The smallest absolute Gasteiger partial charge is 0.258 e. The van der Waals surface area contributed by atoms with E-state index in [9.17, 15) is 37.1 Å². The molecule has 0 saturated heterocycles. The molecule has 0 N–H and O–H groups in total. The molecule has 0 aliphatic carbocycles. The lowest BCUT2D eigenvalue weighted by Crippen LogP contribution is -2.14. The van der Waals surface area contributed by atoms with Crippen LogP contribution in [0.4, 0.5) is 11.4 Å². The van der Waals surface area contributed by atoms with E-state index in [2.05, 4.69) is 0 Å². The summed E-state index contributed by atoms with van der Waals surface area (Å²) in [5.41, 5.74) is -2.13. The van der Waals surface area contributed by atoms with E-state index < -0.39 is 55.6 Å². The van der Waals surface area contributed by atoms with Crippen molar-refractivity contribution in [1.29, 1.82) is 0 Å². The summed E-state index contributed by atoms with van der Waals surface area (Å²) in [6.07, 6.45) is 0. The fraction of sp³-hybridized carbons (Fsp3) is 0. The highest BCUT2D eigenvalue weighted by molar-refractivity contribution is 7.94. The number of nitro groups is 2. The van der Waals surface area contributed by atoms with Gasteiger partial charge >= 0.3 is 0 Å². The third kappa shape index (κ3) is 3.65. The summed E-state index contributed by atoms with van der Waals surface area (Å²) in [4.78, 5) is 17.7. The van der Waals surface area contributed by atoms with Gasteiger partial charge in [-0.05, 0) is 24.3 Å². The predicted molar refractivity (Wildman–Crippen MR) is 104 cm³/mol. The monoisotopic (exact) mass is 448 g/mol. The zero-order valence-corrected chi connectivity index (χ0v) is 16.5. The normalized spacial score (nSPS) is 11.7. The van der Waals surface area contributed by atoms with Crippen LogP contribution in [-0.4, -0.2) is 26.7 Å². The molecule has 154 valence electrons. The second-order valence-corrected chi connectivity index (χ2v) is 9.74. The van der Waals surface area contributed by atoms with Crippen LogP contribution < -0.4 is 0 Å². The lowest BCUT2D eigenvalue weighted by Gasteiger charge is -2.12. The molecule has 0 unspecified atom stereocenters. The fourth-order valence-corrected chi connectivity index (χ4v) is 6.26. The molecular weight excluding hydrogens is 436 g/mol. The molecule has 3 aromatic rings. The summed E-state index contributed by atoms with van der Waals surface area (Å²) in [6.45, 7) is 0. The van der Waals surface area contributed by atoms with Crippen molar-refractivity contribution >= 4 is 31.0 Å². The summed E-state index contributed by atoms with van der Waals surface area (Å²) < 4.78 is 52.7. The average Bonchev–Trinajstić information content (AvgIpc) is 2.73. The van der Waals surface area contributed by atoms with Crippen LogP contribution in [0.1, 0.15) is 0 Å². The van der Waals surface area contributed by atoms with Crippen LogP contribution in [0.15, 0.2) is 92.4 Å². The van der Waals surface area contributed by atoms with Gasteiger partial charge in [0.25, 0.3) is 11.4 Å². The number of sulfone groups is 2. The largest absolute Gasteiger partial charge is 0.296 e. The van der Waals surface area contributed by atoms with Crippen LogP contribution >= 0.6 is 0 Å².